The lowest BCUT2D eigenvalue weighted by Gasteiger charge is -2.44. The van der Waals surface area contributed by atoms with Gasteiger partial charge in [0.25, 0.3) is 0 Å². The van der Waals surface area contributed by atoms with E-state index >= 15 is 0 Å². The summed E-state index contributed by atoms with van der Waals surface area (Å²) < 4.78 is 25.3. The maximum Gasteiger partial charge on any atom is 0.241 e. The summed E-state index contributed by atoms with van der Waals surface area (Å²) in [6, 6.07) is 8.10. The average molecular weight is 283 g/mol. The molecule has 1 saturated heterocycles. The van der Waals surface area contributed by atoms with Gasteiger partial charge in [0.05, 0.1) is 24.3 Å². The van der Waals surface area contributed by atoms with Crippen molar-refractivity contribution in [2.45, 2.75) is 25.1 Å². The molecule has 0 bridgehead atoms. The molecule has 0 spiro atoms. The summed E-state index contributed by atoms with van der Waals surface area (Å²) >= 11 is 0. The topological polar surface area (TPSA) is 74.7 Å². The van der Waals surface area contributed by atoms with Gasteiger partial charge in [-0.2, -0.15) is 0 Å². The minimum absolute atomic E-state index is 0.216. The molecule has 0 aliphatic carbocycles. The minimum Gasteiger partial charge on any atom is -0.394 e. The largest absolute Gasteiger partial charge is 0.394 e. The summed E-state index contributed by atoms with van der Waals surface area (Å²) in [5.74, 6) is -1.000. The number of aliphatic hydroxyl groups is 1. The van der Waals surface area contributed by atoms with E-state index in [-0.39, 0.29) is 18.3 Å². The molecule has 19 heavy (non-hydrogen) atoms. The summed E-state index contributed by atoms with van der Waals surface area (Å²) in [5, 5.41) is 9.25. The predicted molar refractivity (Wildman–Crippen MR) is 70.6 cm³/mol. The lowest BCUT2D eigenvalue weighted by molar-refractivity contribution is -0.148. The smallest absolute Gasteiger partial charge is 0.241 e. The van der Waals surface area contributed by atoms with Gasteiger partial charge in [-0.25, -0.2) is 12.7 Å². The Morgan fingerprint density at radius 2 is 1.89 bits per heavy atom. The molecule has 1 aliphatic rings. The van der Waals surface area contributed by atoms with Gasteiger partial charge in [0.2, 0.25) is 15.9 Å². The van der Waals surface area contributed by atoms with Gasteiger partial charge in [0.15, 0.2) is 0 Å². The van der Waals surface area contributed by atoms with Gasteiger partial charge < -0.3 is 5.11 Å². The summed E-state index contributed by atoms with van der Waals surface area (Å²) in [6.07, 6.45) is 0.543. The molecule has 1 amide bonds. The van der Waals surface area contributed by atoms with Crippen molar-refractivity contribution < 1.29 is 18.3 Å². The van der Waals surface area contributed by atoms with Crippen LogP contribution in [0.25, 0.3) is 0 Å². The first-order chi connectivity index (χ1) is 9.01. The first-order valence-electron chi connectivity index (χ1n) is 6.22. The highest BCUT2D eigenvalue weighted by Crippen LogP contribution is 2.33. The van der Waals surface area contributed by atoms with Crippen LogP contribution in [0.4, 0.5) is 0 Å². The summed E-state index contributed by atoms with van der Waals surface area (Å²) in [6.45, 7) is 1.49. The second-order valence-corrected chi connectivity index (χ2v) is 6.49. The summed E-state index contributed by atoms with van der Waals surface area (Å²) in [7, 11) is -3.71. The third-order valence-electron chi connectivity index (χ3n) is 3.42. The fourth-order valence-electron chi connectivity index (χ4n) is 2.42. The number of benzene rings is 1. The molecule has 1 aromatic rings. The Morgan fingerprint density at radius 1 is 1.26 bits per heavy atom. The van der Waals surface area contributed by atoms with Gasteiger partial charge in [-0.15, -0.1) is 0 Å². The van der Waals surface area contributed by atoms with Crippen molar-refractivity contribution in [3.8, 4) is 0 Å². The molecule has 0 aromatic heterocycles. The van der Waals surface area contributed by atoms with Crippen molar-refractivity contribution in [2.24, 2.45) is 5.92 Å². The highest BCUT2D eigenvalue weighted by atomic mass is 32.2. The zero-order valence-electron chi connectivity index (χ0n) is 10.7. The standard InChI is InChI=1S/C13H17NO4S/c1-2-11-12(8-15)14(13(11)16)19(17,18)9-10-6-4-3-5-7-10/h3-7,11-12,15H,2,8-9H2,1H3/t11-,12+/m0/s1. The monoisotopic (exact) mass is 283 g/mol. The van der Waals surface area contributed by atoms with E-state index in [0.29, 0.717) is 12.0 Å². The zero-order chi connectivity index (χ0) is 14.0. The average Bonchev–Trinajstić information content (AvgIpc) is 2.36. The molecule has 5 nitrogen and oxygen atoms in total. The maximum atomic E-state index is 12.2. The van der Waals surface area contributed by atoms with E-state index in [1.165, 1.54) is 0 Å². The number of carbonyl (C=O) groups excluding carboxylic acids is 1. The van der Waals surface area contributed by atoms with E-state index in [4.69, 9.17) is 0 Å². The van der Waals surface area contributed by atoms with E-state index < -0.39 is 22.0 Å². The zero-order valence-corrected chi connectivity index (χ0v) is 11.5. The van der Waals surface area contributed by atoms with Crippen LogP contribution in [0, 0.1) is 5.92 Å². The lowest BCUT2D eigenvalue weighted by Crippen LogP contribution is -2.64. The molecule has 2 rings (SSSR count). The fraction of sp³-hybridized carbons (Fsp3) is 0.462. The van der Waals surface area contributed by atoms with Gasteiger partial charge >= 0.3 is 0 Å². The van der Waals surface area contributed by atoms with Crippen LogP contribution in [0.3, 0.4) is 0 Å². The van der Waals surface area contributed by atoms with Gasteiger partial charge in [-0.3, -0.25) is 4.79 Å². The van der Waals surface area contributed by atoms with E-state index in [9.17, 15) is 18.3 Å². The molecular weight excluding hydrogens is 266 g/mol. The Hall–Kier alpha value is -1.40. The minimum atomic E-state index is -3.71. The first-order valence-corrected chi connectivity index (χ1v) is 7.83. The molecule has 1 N–H and O–H groups in total. The van der Waals surface area contributed by atoms with Crippen LogP contribution in [0.1, 0.15) is 18.9 Å². The Bertz CT molecular complexity index is 555. The lowest BCUT2D eigenvalue weighted by atomic mass is 9.89. The van der Waals surface area contributed by atoms with Crippen molar-refractivity contribution in [1.82, 2.24) is 4.31 Å². The third-order valence-corrected chi connectivity index (χ3v) is 5.17. The number of aliphatic hydroxyl groups excluding tert-OH is 1. The molecule has 6 heteroatoms. The van der Waals surface area contributed by atoms with Crippen LogP contribution in [0.5, 0.6) is 0 Å². The molecule has 1 heterocycles. The molecule has 1 aromatic carbocycles. The van der Waals surface area contributed by atoms with Crippen molar-refractivity contribution in [3.05, 3.63) is 35.9 Å². The number of nitrogens with zero attached hydrogens (tertiary/aromatic N) is 1. The summed E-state index contributed by atoms with van der Waals surface area (Å²) in [5.41, 5.74) is 0.631. The van der Waals surface area contributed by atoms with E-state index in [1.54, 1.807) is 30.3 Å². The number of carbonyl (C=O) groups is 1. The van der Waals surface area contributed by atoms with Gasteiger partial charge in [-0.1, -0.05) is 37.3 Å². The molecular formula is C13H17NO4S. The second kappa shape index (κ2) is 5.30. The molecule has 104 valence electrons. The maximum absolute atomic E-state index is 12.2. The van der Waals surface area contributed by atoms with Crippen molar-refractivity contribution in [1.29, 1.82) is 0 Å². The highest BCUT2D eigenvalue weighted by Gasteiger charge is 2.51. The van der Waals surface area contributed by atoms with E-state index in [0.717, 1.165) is 4.31 Å². The Balaban J connectivity index is 2.19. The van der Waals surface area contributed by atoms with Crippen LogP contribution in [-0.4, -0.2) is 36.4 Å². The predicted octanol–water partition coefficient (Wildman–Crippen LogP) is 0.746. The van der Waals surface area contributed by atoms with Gasteiger partial charge in [0, 0.05) is 0 Å². The normalized spacial score (nSPS) is 23.3. The third kappa shape index (κ3) is 2.50. The SMILES string of the molecule is CC[C@@H]1C(=O)N(S(=O)(=O)Cc2ccccc2)[C@@H]1CO. The van der Waals surface area contributed by atoms with E-state index in [1.807, 2.05) is 6.92 Å². The number of hydrogen-bond acceptors (Lipinski definition) is 4. The molecule has 0 radical (unpaired) electrons. The van der Waals surface area contributed by atoms with Crippen molar-refractivity contribution >= 4 is 15.9 Å². The van der Waals surface area contributed by atoms with Crippen LogP contribution in [0.15, 0.2) is 30.3 Å². The Labute approximate surface area is 112 Å². The number of β-lactam (4-membered cyclic amide) rings is 1. The Morgan fingerprint density at radius 3 is 2.42 bits per heavy atom. The van der Waals surface area contributed by atoms with E-state index in [2.05, 4.69) is 0 Å². The molecule has 2 atom stereocenters. The number of amides is 1. The molecule has 1 fully saturated rings. The van der Waals surface area contributed by atoms with Crippen LogP contribution >= 0.6 is 0 Å². The van der Waals surface area contributed by atoms with Crippen LogP contribution in [-0.2, 0) is 20.6 Å². The van der Waals surface area contributed by atoms with Gasteiger partial charge in [-0.05, 0) is 12.0 Å². The van der Waals surface area contributed by atoms with Crippen LogP contribution < -0.4 is 0 Å². The number of rotatable bonds is 5. The number of sulfonamides is 1. The highest BCUT2D eigenvalue weighted by molar-refractivity contribution is 7.89. The van der Waals surface area contributed by atoms with Crippen LogP contribution in [0.2, 0.25) is 0 Å². The van der Waals surface area contributed by atoms with Crippen molar-refractivity contribution in [3.63, 3.8) is 0 Å². The first kappa shape index (κ1) is 14.0. The van der Waals surface area contributed by atoms with Crippen molar-refractivity contribution in [2.75, 3.05) is 6.61 Å². The second-order valence-electron chi connectivity index (χ2n) is 4.64. The molecule has 0 saturated carbocycles. The fourth-order valence-corrected chi connectivity index (χ4v) is 4.21. The molecule has 0 unspecified atom stereocenters. The van der Waals surface area contributed by atoms with Gasteiger partial charge in [0.1, 0.15) is 0 Å². The summed E-state index contributed by atoms with van der Waals surface area (Å²) in [4.78, 5) is 11.8. The number of hydrogen-bond donors (Lipinski definition) is 1. The Kier molecular flexibility index (Phi) is 3.91. The molecule has 1 aliphatic heterocycles. The quantitative estimate of drug-likeness (QED) is 0.809.